The Balaban J connectivity index is 0.00000220. The normalized spacial score (nSPS) is 11.6. The number of aryl methyl sites for hydroxylation is 1. The molecule has 1 aromatic heterocycles. The number of carbonyl (C=O) groups is 1. The molecule has 114 valence electrons. The van der Waals surface area contributed by atoms with Crippen LogP contribution in [-0.2, 0) is 4.79 Å². The molecule has 1 aromatic carbocycles. The molecule has 0 saturated carbocycles. The minimum atomic E-state index is -0.0647. The average molecular weight is 326 g/mol. The largest absolute Gasteiger partial charge is 0.326 e. The van der Waals surface area contributed by atoms with E-state index in [0.717, 1.165) is 22.0 Å². The first-order chi connectivity index (χ1) is 9.60. The van der Waals surface area contributed by atoms with Crippen molar-refractivity contribution in [1.29, 1.82) is 0 Å². The molecule has 1 amide bonds. The van der Waals surface area contributed by atoms with Gasteiger partial charge in [0.05, 0.1) is 10.7 Å². The summed E-state index contributed by atoms with van der Waals surface area (Å²) in [6.07, 6.45) is 0. The molecule has 1 unspecified atom stereocenters. The van der Waals surface area contributed by atoms with Gasteiger partial charge in [0.1, 0.15) is 0 Å². The summed E-state index contributed by atoms with van der Waals surface area (Å²) in [6.45, 7) is 4.55. The van der Waals surface area contributed by atoms with Gasteiger partial charge in [-0.3, -0.25) is 4.79 Å². The number of benzene rings is 1. The van der Waals surface area contributed by atoms with Crippen molar-refractivity contribution in [2.75, 3.05) is 18.9 Å². The molecular weight excluding hydrogens is 306 g/mol. The zero-order chi connectivity index (χ0) is 14.5. The lowest BCUT2D eigenvalue weighted by molar-refractivity contribution is -0.119. The SMILES string of the molecule is CNCC(C)C(=O)Nc1cccc(-c2csc(C)n2)c1.Cl. The standard InChI is InChI=1S/C15H19N3OS.ClH/c1-10(8-16-3)15(19)18-13-6-4-5-12(7-13)14-9-20-11(2)17-14;/h4-7,9-10,16H,8H2,1-3H3,(H,18,19);1H. The van der Waals surface area contributed by atoms with Gasteiger partial charge in [-0.05, 0) is 26.1 Å². The molecule has 1 atom stereocenters. The van der Waals surface area contributed by atoms with Gasteiger partial charge in [0, 0.05) is 29.1 Å². The smallest absolute Gasteiger partial charge is 0.228 e. The Morgan fingerprint density at radius 2 is 2.19 bits per heavy atom. The third-order valence-corrected chi connectivity index (χ3v) is 3.78. The topological polar surface area (TPSA) is 54.0 Å². The summed E-state index contributed by atoms with van der Waals surface area (Å²) < 4.78 is 0. The summed E-state index contributed by atoms with van der Waals surface area (Å²) in [5, 5.41) is 9.01. The first-order valence-corrected chi connectivity index (χ1v) is 7.46. The van der Waals surface area contributed by atoms with E-state index in [0.29, 0.717) is 6.54 Å². The summed E-state index contributed by atoms with van der Waals surface area (Å²) in [5.41, 5.74) is 2.78. The van der Waals surface area contributed by atoms with Gasteiger partial charge >= 0.3 is 0 Å². The Morgan fingerprint density at radius 3 is 2.81 bits per heavy atom. The number of thiazole rings is 1. The molecule has 0 spiro atoms. The van der Waals surface area contributed by atoms with Crippen LogP contribution in [0.2, 0.25) is 0 Å². The monoisotopic (exact) mass is 325 g/mol. The third kappa shape index (κ3) is 4.81. The zero-order valence-corrected chi connectivity index (χ0v) is 14.0. The van der Waals surface area contributed by atoms with Crippen LogP contribution in [0.25, 0.3) is 11.3 Å². The first-order valence-electron chi connectivity index (χ1n) is 6.58. The van der Waals surface area contributed by atoms with Crippen LogP contribution in [0.3, 0.4) is 0 Å². The second-order valence-electron chi connectivity index (χ2n) is 4.78. The van der Waals surface area contributed by atoms with E-state index in [4.69, 9.17) is 0 Å². The van der Waals surface area contributed by atoms with E-state index >= 15 is 0 Å². The Labute approximate surface area is 135 Å². The fraction of sp³-hybridized carbons (Fsp3) is 0.333. The van der Waals surface area contributed by atoms with Crippen LogP contribution < -0.4 is 10.6 Å². The Hall–Kier alpha value is -1.43. The molecule has 2 N–H and O–H groups in total. The van der Waals surface area contributed by atoms with Crippen molar-refractivity contribution < 1.29 is 4.79 Å². The second-order valence-corrected chi connectivity index (χ2v) is 5.84. The Bertz CT molecular complexity index is 600. The van der Waals surface area contributed by atoms with Gasteiger partial charge in [-0.1, -0.05) is 19.1 Å². The number of halogens is 1. The highest BCUT2D eigenvalue weighted by Gasteiger charge is 2.12. The van der Waals surface area contributed by atoms with E-state index < -0.39 is 0 Å². The van der Waals surface area contributed by atoms with Crippen molar-refractivity contribution in [3.63, 3.8) is 0 Å². The number of hydrogen-bond acceptors (Lipinski definition) is 4. The van der Waals surface area contributed by atoms with Gasteiger partial charge in [0.15, 0.2) is 0 Å². The lowest BCUT2D eigenvalue weighted by Gasteiger charge is -2.12. The van der Waals surface area contributed by atoms with Crippen molar-refractivity contribution in [1.82, 2.24) is 10.3 Å². The van der Waals surface area contributed by atoms with Crippen molar-refractivity contribution >= 4 is 35.3 Å². The van der Waals surface area contributed by atoms with Gasteiger partial charge in [0.25, 0.3) is 0 Å². The van der Waals surface area contributed by atoms with E-state index in [9.17, 15) is 4.79 Å². The number of hydrogen-bond donors (Lipinski definition) is 2. The van der Waals surface area contributed by atoms with E-state index in [-0.39, 0.29) is 24.2 Å². The fourth-order valence-electron chi connectivity index (χ4n) is 1.92. The van der Waals surface area contributed by atoms with Crippen LogP contribution >= 0.6 is 23.7 Å². The maximum atomic E-state index is 12.0. The molecule has 21 heavy (non-hydrogen) atoms. The highest BCUT2D eigenvalue weighted by atomic mass is 35.5. The number of amides is 1. The second kappa shape index (κ2) is 8.12. The number of aromatic nitrogens is 1. The Kier molecular flexibility index (Phi) is 6.81. The van der Waals surface area contributed by atoms with Crippen LogP contribution in [0.1, 0.15) is 11.9 Å². The van der Waals surface area contributed by atoms with Crippen molar-refractivity contribution in [2.24, 2.45) is 5.92 Å². The molecule has 0 aliphatic heterocycles. The van der Waals surface area contributed by atoms with Crippen LogP contribution in [0.4, 0.5) is 5.69 Å². The minimum Gasteiger partial charge on any atom is -0.326 e. The summed E-state index contributed by atoms with van der Waals surface area (Å²) in [4.78, 5) is 16.5. The van der Waals surface area contributed by atoms with Gasteiger partial charge < -0.3 is 10.6 Å². The summed E-state index contributed by atoms with van der Waals surface area (Å²) in [7, 11) is 1.84. The predicted octanol–water partition coefficient (Wildman–Crippen LogP) is 3.33. The molecular formula is C15H20ClN3OS. The van der Waals surface area contributed by atoms with Crippen molar-refractivity contribution in [2.45, 2.75) is 13.8 Å². The highest BCUT2D eigenvalue weighted by molar-refractivity contribution is 7.09. The molecule has 0 saturated heterocycles. The Morgan fingerprint density at radius 1 is 1.43 bits per heavy atom. The van der Waals surface area contributed by atoms with Gasteiger partial charge in [-0.15, -0.1) is 23.7 Å². The third-order valence-electron chi connectivity index (χ3n) is 3.00. The number of carbonyl (C=O) groups excluding carboxylic acids is 1. The molecule has 2 rings (SSSR count). The summed E-state index contributed by atoms with van der Waals surface area (Å²) in [5.74, 6) is -0.0452. The molecule has 6 heteroatoms. The lowest BCUT2D eigenvalue weighted by atomic mass is 10.1. The number of rotatable bonds is 5. The van der Waals surface area contributed by atoms with Gasteiger partial charge in [-0.25, -0.2) is 4.98 Å². The van der Waals surface area contributed by atoms with Gasteiger partial charge in [-0.2, -0.15) is 0 Å². The number of nitrogens with one attached hydrogen (secondary N) is 2. The zero-order valence-electron chi connectivity index (χ0n) is 12.3. The highest BCUT2D eigenvalue weighted by Crippen LogP contribution is 2.24. The summed E-state index contributed by atoms with van der Waals surface area (Å²) in [6, 6.07) is 7.79. The van der Waals surface area contributed by atoms with Crippen molar-refractivity contribution in [3.8, 4) is 11.3 Å². The maximum Gasteiger partial charge on any atom is 0.228 e. The van der Waals surface area contributed by atoms with Gasteiger partial charge in [0.2, 0.25) is 5.91 Å². The molecule has 0 fully saturated rings. The molecule has 0 aliphatic carbocycles. The van der Waals surface area contributed by atoms with Crippen LogP contribution in [0, 0.1) is 12.8 Å². The number of anilines is 1. The van der Waals surface area contributed by atoms with E-state index in [1.54, 1.807) is 11.3 Å². The van der Waals surface area contributed by atoms with E-state index in [1.165, 1.54) is 0 Å². The first kappa shape index (κ1) is 17.6. The van der Waals surface area contributed by atoms with Crippen LogP contribution in [0.5, 0.6) is 0 Å². The van der Waals surface area contributed by atoms with Crippen LogP contribution in [0.15, 0.2) is 29.6 Å². The van der Waals surface area contributed by atoms with E-state index in [2.05, 4.69) is 15.6 Å². The fourth-order valence-corrected chi connectivity index (χ4v) is 2.54. The molecule has 0 aliphatic rings. The predicted molar refractivity (Wildman–Crippen MR) is 91.3 cm³/mol. The quantitative estimate of drug-likeness (QED) is 0.886. The molecule has 4 nitrogen and oxygen atoms in total. The minimum absolute atomic E-state index is 0. The maximum absolute atomic E-state index is 12.0. The summed E-state index contributed by atoms with van der Waals surface area (Å²) >= 11 is 1.62. The van der Waals surface area contributed by atoms with E-state index in [1.807, 2.05) is 50.5 Å². The van der Waals surface area contributed by atoms with Crippen LogP contribution in [-0.4, -0.2) is 24.5 Å². The molecule has 1 heterocycles. The lowest BCUT2D eigenvalue weighted by Crippen LogP contribution is -2.28. The van der Waals surface area contributed by atoms with Crippen molar-refractivity contribution in [3.05, 3.63) is 34.7 Å². The number of nitrogens with zero attached hydrogens (tertiary/aromatic N) is 1. The molecule has 2 aromatic rings. The average Bonchev–Trinajstić information content (AvgIpc) is 2.86. The molecule has 0 bridgehead atoms. The molecule has 0 radical (unpaired) electrons.